The van der Waals surface area contributed by atoms with Crippen LogP contribution >= 0.6 is 0 Å². The molecule has 6 rings (SSSR count). The summed E-state index contributed by atoms with van der Waals surface area (Å²) in [4.78, 5) is 47.6. The van der Waals surface area contributed by atoms with Crippen LogP contribution in [0.25, 0.3) is 10.9 Å². The van der Waals surface area contributed by atoms with Gasteiger partial charge in [0.05, 0.1) is 24.4 Å². The number of ketones is 1. The molecule has 310 valence electrons. The Labute approximate surface area is 331 Å². The number of hydrogen-bond donors (Lipinski definition) is 2. The molecule has 14 heteroatoms. The third-order valence-electron chi connectivity index (χ3n) is 13.0. The summed E-state index contributed by atoms with van der Waals surface area (Å²) in [6.45, 7) is 15.4. The fourth-order valence-electron chi connectivity index (χ4n) is 9.87. The fourth-order valence-corrected chi connectivity index (χ4v) is 9.87. The summed E-state index contributed by atoms with van der Waals surface area (Å²) in [6, 6.07) is 7.37. The number of hydrogen-bond acceptors (Lipinski definition) is 12. The third kappa shape index (κ3) is 7.59. The molecule has 2 aromatic rings. The van der Waals surface area contributed by atoms with E-state index in [0.717, 1.165) is 23.0 Å². The van der Waals surface area contributed by atoms with Gasteiger partial charge in [-0.2, -0.15) is 15.2 Å². The van der Waals surface area contributed by atoms with Crippen molar-refractivity contribution in [3.63, 3.8) is 0 Å². The van der Waals surface area contributed by atoms with Crippen molar-refractivity contribution in [2.24, 2.45) is 28.8 Å². The number of benzene rings is 1. The zero-order chi connectivity index (χ0) is 40.9. The van der Waals surface area contributed by atoms with Crippen molar-refractivity contribution in [3.8, 4) is 0 Å². The third-order valence-corrected chi connectivity index (χ3v) is 13.0. The lowest BCUT2D eigenvalue weighted by atomic mass is 9.73. The van der Waals surface area contributed by atoms with E-state index >= 15 is 0 Å². The number of H-pyrrole nitrogens is 1. The van der Waals surface area contributed by atoms with E-state index in [0.29, 0.717) is 32.2 Å². The van der Waals surface area contributed by atoms with Gasteiger partial charge in [0, 0.05) is 47.8 Å². The molecule has 1 aromatic carbocycles. The van der Waals surface area contributed by atoms with Crippen LogP contribution in [0.5, 0.6) is 0 Å². The van der Waals surface area contributed by atoms with Gasteiger partial charge >= 0.3 is 12.1 Å². The molecule has 5 heterocycles. The van der Waals surface area contributed by atoms with E-state index in [1.807, 2.05) is 71.9 Å². The minimum Gasteiger partial charge on any atom is -0.457 e. The number of hydrazone groups is 1. The second-order valence-electron chi connectivity index (χ2n) is 17.2. The highest BCUT2D eigenvalue weighted by atomic mass is 16.7. The Balaban J connectivity index is 1.40. The standard InChI is InChI=1S/C42H63N5O9/c1-12-32-42(8)36-25(4)33(44-46(47(36)40(51)56-42)19-15-16-28-22-43-30-18-14-13-17-29(28)30)23(2)21-41(7,52-11)37(26(5)34(48)27(6)38(50)54-32)55-39-35(49)31(45(9)10)20-24(3)53-39/h13-14,17-18,22-27,31-32,35-37,39,43,49H,12,15-16,19-21H2,1-11H3/t23-,24+,25+,26+,27-,31-,32-,35+,36-,37-,39-,41?,42-/m1/s1. The number of amides is 1. The van der Waals surface area contributed by atoms with Crippen LogP contribution in [0.15, 0.2) is 35.6 Å². The molecule has 0 radical (unpaired) electrons. The number of aromatic amines is 1. The van der Waals surface area contributed by atoms with E-state index in [1.165, 1.54) is 5.56 Å². The molecule has 13 atom stereocenters. The second-order valence-corrected chi connectivity index (χ2v) is 17.2. The summed E-state index contributed by atoms with van der Waals surface area (Å²) >= 11 is 0. The lowest BCUT2D eigenvalue weighted by Crippen LogP contribution is -2.63. The van der Waals surface area contributed by atoms with Crippen molar-refractivity contribution in [1.29, 1.82) is 0 Å². The van der Waals surface area contributed by atoms with E-state index in [2.05, 4.69) is 24.0 Å². The van der Waals surface area contributed by atoms with E-state index in [-0.39, 0.29) is 24.0 Å². The van der Waals surface area contributed by atoms with Gasteiger partial charge in [0.2, 0.25) is 0 Å². The largest absolute Gasteiger partial charge is 0.457 e. The Bertz CT molecular complexity index is 1780. The Morgan fingerprint density at radius 3 is 2.46 bits per heavy atom. The highest BCUT2D eigenvalue weighted by molar-refractivity contribution is 6.00. The van der Waals surface area contributed by atoms with Gasteiger partial charge in [-0.3, -0.25) is 9.59 Å². The average molecular weight is 782 g/mol. The molecule has 3 saturated heterocycles. The van der Waals surface area contributed by atoms with Crippen molar-refractivity contribution in [2.45, 2.75) is 141 Å². The maximum atomic E-state index is 14.3. The predicted octanol–water partition coefficient (Wildman–Crippen LogP) is 5.32. The quantitative estimate of drug-likeness (QED) is 0.251. The van der Waals surface area contributed by atoms with Gasteiger partial charge in [0.15, 0.2) is 17.7 Å². The number of hydrazine groups is 1. The summed E-state index contributed by atoms with van der Waals surface area (Å²) in [5, 5.41) is 21.2. The normalized spacial score (nSPS) is 38.4. The monoisotopic (exact) mass is 781 g/mol. The van der Waals surface area contributed by atoms with Gasteiger partial charge in [-0.1, -0.05) is 45.9 Å². The Hall–Kier alpha value is -3.56. The van der Waals surface area contributed by atoms with Crippen molar-refractivity contribution < 1.29 is 43.2 Å². The number of fused-ring (bicyclic) bond motifs is 2. The number of carbonyl (C=O) groups excluding carboxylic acids is 3. The number of Topliss-reactive ketones (excluding diaryl/α,β-unsaturated/α-hetero) is 1. The van der Waals surface area contributed by atoms with Gasteiger partial charge in [0.1, 0.15) is 24.2 Å². The van der Waals surface area contributed by atoms with Crippen molar-refractivity contribution in [3.05, 3.63) is 36.0 Å². The number of aromatic nitrogens is 1. The number of aryl methyl sites for hydroxylation is 1. The second kappa shape index (κ2) is 16.4. The van der Waals surface area contributed by atoms with Crippen molar-refractivity contribution in [1.82, 2.24) is 20.0 Å². The Morgan fingerprint density at radius 1 is 1.07 bits per heavy atom. The van der Waals surface area contributed by atoms with Crippen LogP contribution in [0.3, 0.4) is 0 Å². The van der Waals surface area contributed by atoms with Crippen molar-refractivity contribution >= 4 is 34.5 Å². The highest BCUT2D eigenvalue weighted by Gasteiger charge is 2.63. The van der Waals surface area contributed by atoms with E-state index < -0.39 is 71.5 Å². The Kier molecular flexibility index (Phi) is 12.3. The number of nitrogens with one attached hydrogen (secondary N) is 1. The minimum absolute atomic E-state index is 0.221. The molecule has 2 N–H and O–H groups in total. The minimum atomic E-state index is -1.25. The predicted molar refractivity (Wildman–Crippen MR) is 210 cm³/mol. The van der Waals surface area contributed by atoms with Gasteiger partial charge in [-0.05, 0) is 91.4 Å². The topological polar surface area (TPSA) is 155 Å². The maximum Gasteiger partial charge on any atom is 0.431 e. The molecule has 2 bridgehead atoms. The number of cyclic esters (lactones) is 1. The van der Waals surface area contributed by atoms with Gasteiger partial charge < -0.3 is 38.7 Å². The number of carbonyl (C=O) groups is 3. The van der Waals surface area contributed by atoms with Gasteiger partial charge in [-0.15, -0.1) is 0 Å². The van der Waals surface area contributed by atoms with Gasteiger partial charge in [-0.25, -0.2) is 4.79 Å². The summed E-state index contributed by atoms with van der Waals surface area (Å²) < 4.78 is 31.7. The number of rotatable bonds is 9. The molecule has 1 amide bonds. The molecule has 0 spiro atoms. The molecule has 0 saturated carbocycles. The zero-order valence-electron chi connectivity index (χ0n) is 35.0. The van der Waals surface area contributed by atoms with E-state index in [9.17, 15) is 19.5 Å². The lowest BCUT2D eigenvalue weighted by molar-refractivity contribution is -0.295. The zero-order valence-corrected chi connectivity index (χ0v) is 35.0. The number of aliphatic hydroxyl groups excluding tert-OH is 1. The Morgan fingerprint density at radius 2 is 1.79 bits per heavy atom. The molecule has 1 aromatic heterocycles. The average Bonchev–Trinajstić information content (AvgIpc) is 3.70. The number of methoxy groups -OCH3 is 1. The lowest BCUT2D eigenvalue weighted by Gasteiger charge is -2.49. The molecule has 3 fully saturated rings. The van der Waals surface area contributed by atoms with Crippen LogP contribution in [-0.4, -0.2) is 130 Å². The SMILES string of the molecule is CC[C@H]1OC(=O)[C@H](C)C(=O)[C@H](C)[C@@H](O[C@H]2O[C@@H](C)C[C@@H](N(C)C)[C@@H]2O)C(C)(OC)C[C@@H](C)C2=NN(CCCc3c[nH]c4ccccc34)N3C(=O)O[C@@]1(C)[C@H]3[C@H]2C. The first kappa shape index (κ1) is 42.1. The van der Waals surface area contributed by atoms with Gasteiger partial charge in [0.25, 0.3) is 0 Å². The summed E-state index contributed by atoms with van der Waals surface area (Å²) in [5.74, 6) is -3.71. The number of ether oxygens (including phenoxy) is 5. The number of likely N-dealkylation sites (N-methyl/N-ethyl adjacent to an activating group) is 1. The number of aliphatic hydroxyl groups is 1. The van der Waals surface area contributed by atoms with Crippen LogP contribution in [0.4, 0.5) is 4.79 Å². The first-order valence-corrected chi connectivity index (χ1v) is 20.3. The molecular formula is C42H63N5O9. The van der Waals surface area contributed by atoms with Crippen LogP contribution in [0.2, 0.25) is 0 Å². The molecule has 4 aliphatic heterocycles. The molecular weight excluding hydrogens is 718 g/mol. The van der Waals surface area contributed by atoms with Crippen molar-refractivity contribution in [2.75, 3.05) is 27.7 Å². The summed E-state index contributed by atoms with van der Waals surface area (Å²) in [5.41, 5.74) is 0.696. The fraction of sp³-hybridized carbons (Fsp3) is 0.714. The number of para-hydroxylation sites is 1. The summed E-state index contributed by atoms with van der Waals surface area (Å²) in [6.07, 6.45) is 0.154. The molecule has 14 nitrogen and oxygen atoms in total. The summed E-state index contributed by atoms with van der Waals surface area (Å²) in [7, 11) is 5.39. The molecule has 1 unspecified atom stereocenters. The first-order chi connectivity index (χ1) is 26.4. The molecule has 56 heavy (non-hydrogen) atoms. The van der Waals surface area contributed by atoms with Crippen LogP contribution in [0, 0.1) is 23.7 Å². The van der Waals surface area contributed by atoms with Crippen LogP contribution in [-0.2, 0) is 39.7 Å². The molecule has 0 aliphatic carbocycles. The van der Waals surface area contributed by atoms with Crippen LogP contribution < -0.4 is 0 Å². The van der Waals surface area contributed by atoms with E-state index in [1.54, 1.807) is 31.1 Å². The maximum absolute atomic E-state index is 14.3. The first-order valence-electron chi connectivity index (χ1n) is 20.3. The van der Waals surface area contributed by atoms with Crippen LogP contribution in [0.1, 0.15) is 86.6 Å². The highest BCUT2D eigenvalue weighted by Crippen LogP contribution is 2.46. The number of nitrogens with zero attached hydrogens (tertiary/aromatic N) is 4. The van der Waals surface area contributed by atoms with E-state index in [4.69, 9.17) is 28.8 Å². The molecule has 4 aliphatic rings. The smallest absolute Gasteiger partial charge is 0.431 e. The number of esters is 1.